The summed E-state index contributed by atoms with van der Waals surface area (Å²) in [5, 5.41) is 6.63. The molecule has 172 valence electrons. The van der Waals surface area contributed by atoms with Gasteiger partial charge in [0.15, 0.2) is 5.96 Å². The van der Waals surface area contributed by atoms with Gasteiger partial charge in [0.05, 0.1) is 18.5 Å². The molecule has 7 nitrogen and oxygen atoms in total. The lowest BCUT2D eigenvalue weighted by atomic mass is 10.0. The zero-order valence-electron chi connectivity index (χ0n) is 18.5. The van der Waals surface area contributed by atoms with Crippen molar-refractivity contribution in [2.24, 2.45) is 4.99 Å². The van der Waals surface area contributed by atoms with Gasteiger partial charge in [-0.1, -0.05) is 6.07 Å². The molecule has 10 heteroatoms. The highest BCUT2D eigenvalue weighted by molar-refractivity contribution is 14.0. The van der Waals surface area contributed by atoms with Crippen LogP contribution in [0.5, 0.6) is 0 Å². The van der Waals surface area contributed by atoms with Crippen LogP contribution in [0.2, 0.25) is 0 Å². The first-order chi connectivity index (χ1) is 13.5. The number of nitrogens with one attached hydrogen (secondary N) is 3. The highest BCUT2D eigenvalue weighted by atomic mass is 127. The Bertz CT molecular complexity index is 832. The molecular weight excluding hydrogens is 520 g/mol. The first kappa shape index (κ1) is 26.9. The summed E-state index contributed by atoms with van der Waals surface area (Å²) in [6.45, 7) is 10.0. The number of hydrogen-bond donors (Lipinski definition) is 3. The lowest BCUT2D eigenvalue weighted by molar-refractivity contribution is 0.452. The standard InChI is InChI=1S/C20H34FN5O2S.HI/c1-6-22-19(23-14-20(3,4)25-29(5,27)28)24-16-8-7-11-26(13-16)18-12-15(2)9-10-17(18)21;/h9-10,12,16,25H,6-8,11,13-14H2,1-5H3,(H2,22,23,24);1H. The van der Waals surface area contributed by atoms with Gasteiger partial charge in [-0.25, -0.2) is 17.5 Å². The quantitative estimate of drug-likeness (QED) is 0.274. The summed E-state index contributed by atoms with van der Waals surface area (Å²) in [6.07, 6.45) is 3.05. The Morgan fingerprint density at radius 1 is 1.37 bits per heavy atom. The largest absolute Gasteiger partial charge is 0.367 e. The van der Waals surface area contributed by atoms with Crippen LogP contribution in [0, 0.1) is 12.7 Å². The third kappa shape index (κ3) is 8.93. The highest BCUT2D eigenvalue weighted by Crippen LogP contribution is 2.24. The monoisotopic (exact) mass is 555 g/mol. The number of piperidine rings is 1. The molecule has 1 fully saturated rings. The Balaban J connectivity index is 0.00000450. The van der Waals surface area contributed by atoms with Crippen molar-refractivity contribution in [3.8, 4) is 0 Å². The molecule has 1 unspecified atom stereocenters. The number of guanidine groups is 1. The normalized spacial score (nSPS) is 18.0. The van der Waals surface area contributed by atoms with Crippen LogP contribution < -0.4 is 20.3 Å². The Morgan fingerprint density at radius 2 is 2.07 bits per heavy atom. The zero-order valence-corrected chi connectivity index (χ0v) is 21.6. The fraction of sp³-hybridized carbons (Fsp3) is 0.650. The van der Waals surface area contributed by atoms with E-state index in [1.807, 2.05) is 19.9 Å². The van der Waals surface area contributed by atoms with Crippen molar-refractivity contribution in [2.45, 2.75) is 52.1 Å². The molecule has 3 N–H and O–H groups in total. The summed E-state index contributed by atoms with van der Waals surface area (Å²) in [5.74, 6) is 0.429. The van der Waals surface area contributed by atoms with E-state index in [1.54, 1.807) is 19.9 Å². The van der Waals surface area contributed by atoms with Crippen LogP contribution in [0.1, 0.15) is 39.2 Å². The zero-order chi connectivity index (χ0) is 21.7. The highest BCUT2D eigenvalue weighted by Gasteiger charge is 2.24. The van der Waals surface area contributed by atoms with E-state index >= 15 is 0 Å². The van der Waals surface area contributed by atoms with Crippen molar-refractivity contribution in [2.75, 3.05) is 37.3 Å². The van der Waals surface area contributed by atoms with Gasteiger partial charge >= 0.3 is 0 Å². The maximum atomic E-state index is 14.3. The second-order valence-corrected chi connectivity index (χ2v) is 10.1. The average Bonchev–Trinajstić information content (AvgIpc) is 2.60. The van der Waals surface area contributed by atoms with Crippen molar-refractivity contribution in [3.05, 3.63) is 29.6 Å². The van der Waals surface area contributed by atoms with Crippen LogP contribution in [-0.2, 0) is 10.0 Å². The maximum Gasteiger partial charge on any atom is 0.209 e. The molecule has 1 atom stereocenters. The summed E-state index contributed by atoms with van der Waals surface area (Å²) in [5.41, 5.74) is 0.975. The molecule has 1 aromatic carbocycles. The number of aryl methyl sites for hydroxylation is 1. The maximum absolute atomic E-state index is 14.3. The van der Waals surface area contributed by atoms with Gasteiger partial charge in [0.1, 0.15) is 5.82 Å². The van der Waals surface area contributed by atoms with Gasteiger partial charge in [0.25, 0.3) is 0 Å². The van der Waals surface area contributed by atoms with Crippen molar-refractivity contribution in [1.29, 1.82) is 0 Å². The number of rotatable bonds is 7. The molecule has 1 aliphatic rings. The molecule has 0 spiro atoms. The van der Waals surface area contributed by atoms with E-state index in [0.29, 0.717) is 31.3 Å². The van der Waals surface area contributed by atoms with Crippen LogP contribution in [-0.4, -0.2) is 58.4 Å². The Labute approximate surface area is 197 Å². The summed E-state index contributed by atoms with van der Waals surface area (Å²) in [6, 6.07) is 5.30. The number of benzene rings is 1. The number of nitrogens with zero attached hydrogens (tertiary/aromatic N) is 2. The minimum absolute atomic E-state index is 0. The van der Waals surface area contributed by atoms with E-state index in [4.69, 9.17) is 0 Å². The minimum atomic E-state index is -3.32. The molecule has 0 radical (unpaired) electrons. The lowest BCUT2D eigenvalue weighted by Crippen LogP contribution is -2.52. The molecule has 1 saturated heterocycles. The Kier molecular flexibility index (Phi) is 10.3. The Morgan fingerprint density at radius 3 is 2.70 bits per heavy atom. The third-order valence-corrected chi connectivity index (χ3v) is 5.57. The van der Waals surface area contributed by atoms with Gasteiger partial charge in [-0.3, -0.25) is 4.99 Å². The van der Waals surface area contributed by atoms with E-state index in [2.05, 4.69) is 25.2 Å². The van der Waals surface area contributed by atoms with Crippen LogP contribution in [0.4, 0.5) is 10.1 Å². The lowest BCUT2D eigenvalue weighted by Gasteiger charge is -2.36. The molecule has 2 rings (SSSR count). The topological polar surface area (TPSA) is 85.8 Å². The van der Waals surface area contributed by atoms with Crippen LogP contribution >= 0.6 is 24.0 Å². The minimum Gasteiger partial charge on any atom is -0.367 e. The number of aliphatic imine (C=N–C) groups is 1. The summed E-state index contributed by atoms with van der Waals surface area (Å²) in [4.78, 5) is 6.64. The Hall–Kier alpha value is -1.14. The van der Waals surface area contributed by atoms with E-state index in [1.165, 1.54) is 6.07 Å². The van der Waals surface area contributed by atoms with E-state index in [-0.39, 0.29) is 35.8 Å². The number of sulfonamides is 1. The van der Waals surface area contributed by atoms with Crippen molar-refractivity contribution >= 4 is 45.6 Å². The van der Waals surface area contributed by atoms with Crippen molar-refractivity contribution < 1.29 is 12.8 Å². The smallest absolute Gasteiger partial charge is 0.209 e. The van der Waals surface area contributed by atoms with E-state index in [9.17, 15) is 12.8 Å². The van der Waals surface area contributed by atoms with Gasteiger partial charge in [0.2, 0.25) is 10.0 Å². The second-order valence-electron chi connectivity index (χ2n) is 8.34. The van der Waals surface area contributed by atoms with E-state index in [0.717, 1.165) is 31.2 Å². The molecule has 1 aliphatic heterocycles. The van der Waals surface area contributed by atoms with Gasteiger partial charge in [-0.15, -0.1) is 24.0 Å². The van der Waals surface area contributed by atoms with Crippen LogP contribution in [0.15, 0.2) is 23.2 Å². The molecule has 0 saturated carbocycles. The van der Waals surface area contributed by atoms with Crippen molar-refractivity contribution in [3.63, 3.8) is 0 Å². The SMILES string of the molecule is CCNC(=NCC(C)(C)NS(C)(=O)=O)NC1CCCN(c2cc(C)ccc2F)C1.I. The van der Waals surface area contributed by atoms with Crippen LogP contribution in [0.25, 0.3) is 0 Å². The van der Waals surface area contributed by atoms with Crippen molar-refractivity contribution in [1.82, 2.24) is 15.4 Å². The first-order valence-corrected chi connectivity index (χ1v) is 11.9. The fourth-order valence-electron chi connectivity index (χ4n) is 3.50. The van der Waals surface area contributed by atoms with E-state index < -0.39 is 15.6 Å². The average molecular weight is 556 g/mol. The molecular formula is C20H35FIN5O2S. The summed E-state index contributed by atoms with van der Waals surface area (Å²) in [7, 11) is -3.32. The predicted molar refractivity (Wildman–Crippen MR) is 133 cm³/mol. The molecule has 0 bridgehead atoms. The molecule has 1 heterocycles. The molecule has 0 amide bonds. The molecule has 1 aromatic rings. The number of hydrogen-bond acceptors (Lipinski definition) is 4. The predicted octanol–water partition coefficient (Wildman–Crippen LogP) is 2.60. The molecule has 0 aliphatic carbocycles. The van der Waals surface area contributed by atoms with Gasteiger partial charge in [-0.05, 0) is 58.2 Å². The summed E-state index contributed by atoms with van der Waals surface area (Å²) < 4.78 is 40.0. The fourth-order valence-corrected chi connectivity index (χ4v) is 4.57. The number of anilines is 1. The first-order valence-electron chi connectivity index (χ1n) is 10.0. The number of halogens is 2. The van der Waals surface area contributed by atoms with Gasteiger partial charge in [-0.2, -0.15) is 0 Å². The molecule has 30 heavy (non-hydrogen) atoms. The second kappa shape index (κ2) is 11.5. The van der Waals surface area contributed by atoms with Crippen LogP contribution in [0.3, 0.4) is 0 Å². The third-order valence-electron chi connectivity index (χ3n) is 4.64. The molecule has 0 aromatic heterocycles. The van der Waals surface area contributed by atoms with Gasteiger partial charge < -0.3 is 15.5 Å². The van der Waals surface area contributed by atoms with Gasteiger partial charge in [0, 0.05) is 31.2 Å². The summed E-state index contributed by atoms with van der Waals surface area (Å²) >= 11 is 0.